The number of hydrogen-bond acceptors (Lipinski definition) is 3. The van der Waals surface area contributed by atoms with E-state index in [1.165, 1.54) is 11.8 Å². The summed E-state index contributed by atoms with van der Waals surface area (Å²) >= 11 is 0. The molecule has 4 heteroatoms. The van der Waals surface area contributed by atoms with Crippen LogP contribution in [0.1, 0.15) is 29.5 Å². The van der Waals surface area contributed by atoms with Crippen molar-refractivity contribution in [2.24, 2.45) is 5.73 Å². The highest BCUT2D eigenvalue weighted by atomic mass is 32.2. The van der Waals surface area contributed by atoms with Gasteiger partial charge in [-0.05, 0) is 68.5 Å². The van der Waals surface area contributed by atoms with Crippen molar-refractivity contribution in [2.75, 3.05) is 12.8 Å². The summed E-state index contributed by atoms with van der Waals surface area (Å²) in [6.07, 6.45) is 4.12. The summed E-state index contributed by atoms with van der Waals surface area (Å²) in [6.45, 7) is 4.68. The zero-order chi connectivity index (χ0) is 13.1. The normalized spacial score (nSPS) is 11.8. The summed E-state index contributed by atoms with van der Waals surface area (Å²) in [6, 6.07) is 3.55. The summed E-state index contributed by atoms with van der Waals surface area (Å²) in [5.41, 5.74) is 8.81. The van der Waals surface area contributed by atoms with E-state index in [0.717, 1.165) is 30.4 Å². The SMILES string of the molecule is Cc1cc(S(C)(=O)=O)cc(CCCCN)c1C. The van der Waals surface area contributed by atoms with Crippen LogP contribution in [0.15, 0.2) is 17.0 Å². The van der Waals surface area contributed by atoms with E-state index in [2.05, 4.69) is 0 Å². The molecule has 1 rings (SSSR count). The molecule has 0 saturated heterocycles. The molecule has 0 spiro atoms. The Morgan fingerprint density at radius 2 is 1.82 bits per heavy atom. The van der Waals surface area contributed by atoms with E-state index in [9.17, 15) is 8.42 Å². The van der Waals surface area contributed by atoms with Gasteiger partial charge < -0.3 is 5.73 Å². The Kier molecular flexibility index (Phi) is 4.71. The van der Waals surface area contributed by atoms with Gasteiger partial charge in [-0.3, -0.25) is 0 Å². The number of aryl methyl sites for hydroxylation is 2. The molecule has 0 saturated carbocycles. The second-order valence-corrected chi connectivity index (χ2v) is 6.56. The molecule has 0 aliphatic heterocycles. The Bertz CT molecular complexity index is 492. The van der Waals surface area contributed by atoms with E-state index in [-0.39, 0.29) is 0 Å². The molecule has 1 aromatic carbocycles. The van der Waals surface area contributed by atoms with Gasteiger partial charge in [0.25, 0.3) is 0 Å². The lowest BCUT2D eigenvalue weighted by atomic mass is 9.99. The number of nitrogens with two attached hydrogens (primary N) is 1. The predicted octanol–water partition coefficient (Wildman–Crippen LogP) is 1.99. The van der Waals surface area contributed by atoms with Crippen LogP contribution in [0.3, 0.4) is 0 Å². The highest BCUT2D eigenvalue weighted by Gasteiger charge is 2.11. The van der Waals surface area contributed by atoms with Crippen molar-refractivity contribution < 1.29 is 8.42 Å². The lowest BCUT2D eigenvalue weighted by Gasteiger charge is -2.11. The average Bonchev–Trinajstić information content (AvgIpc) is 2.22. The minimum Gasteiger partial charge on any atom is -0.330 e. The fourth-order valence-electron chi connectivity index (χ4n) is 1.83. The largest absolute Gasteiger partial charge is 0.330 e. The molecule has 0 aromatic heterocycles. The minimum atomic E-state index is -3.12. The van der Waals surface area contributed by atoms with Crippen LogP contribution >= 0.6 is 0 Å². The molecular weight excluding hydrogens is 234 g/mol. The maximum atomic E-state index is 11.6. The van der Waals surface area contributed by atoms with Crippen molar-refractivity contribution in [3.63, 3.8) is 0 Å². The lowest BCUT2D eigenvalue weighted by Crippen LogP contribution is -2.03. The first-order chi connectivity index (χ1) is 7.86. The van der Waals surface area contributed by atoms with Gasteiger partial charge in [0.15, 0.2) is 9.84 Å². The number of benzene rings is 1. The Labute approximate surface area is 104 Å². The third-order valence-electron chi connectivity index (χ3n) is 3.08. The van der Waals surface area contributed by atoms with Gasteiger partial charge in [-0.15, -0.1) is 0 Å². The van der Waals surface area contributed by atoms with Crippen LogP contribution in [-0.2, 0) is 16.3 Å². The van der Waals surface area contributed by atoms with E-state index in [4.69, 9.17) is 5.73 Å². The maximum Gasteiger partial charge on any atom is 0.175 e. The number of rotatable bonds is 5. The molecule has 2 N–H and O–H groups in total. The smallest absolute Gasteiger partial charge is 0.175 e. The van der Waals surface area contributed by atoms with Gasteiger partial charge in [-0.25, -0.2) is 8.42 Å². The van der Waals surface area contributed by atoms with E-state index >= 15 is 0 Å². The van der Waals surface area contributed by atoms with E-state index in [0.29, 0.717) is 11.4 Å². The number of hydrogen-bond donors (Lipinski definition) is 1. The van der Waals surface area contributed by atoms with Gasteiger partial charge in [0, 0.05) is 6.26 Å². The molecule has 0 atom stereocenters. The molecule has 0 amide bonds. The lowest BCUT2D eigenvalue weighted by molar-refractivity contribution is 0.601. The predicted molar refractivity (Wildman–Crippen MR) is 71.0 cm³/mol. The molecule has 0 radical (unpaired) electrons. The molecule has 0 aliphatic carbocycles. The van der Waals surface area contributed by atoms with Gasteiger partial charge in [-0.1, -0.05) is 0 Å². The van der Waals surface area contributed by atoms with Crippen LogP contribution < -0.4 is 5.73 Å². The zero-order valence-corrected chi connectivity index (χ0v) is 11.6. The Morgan fingerprint density at radius 3 is 2.35 bits per heavy atom. The second-order valence-electron chi connectivity index (χ2n) is 4.54. The first-order valence-corrected chi connectivity index (χ1v) is 7.75. The maximum absolute atomic E-state index is 11.6. The van der Waals surface area contributed by atoms with Crippen LogP contribution in [-0.4, -0.2) is 21.2 Å². The summed E-state index contributed by atoms with van der Waals surface area (Å²) in [5.74, 6) is 0. The van der Waals surface area contributed by atoms with Crippen LogP contribution in [0.5, 0.6) is 0 Å². The van der Waals surface area contributed by atoms with Gasteiger partial charge in [0.2, 0.25) is 0 Å². The van der Waals surface area contributed by atoms with E-state index in [1.54, 1.807) is 12.1 Å². The molecule has 0 aliphatic rings. The van der Waals surface area contributed by atoms with Crippen molar-refractivity contribution in [3.8, 4) is 0 Å². The average molecular weight is 255 g/mol. The molecule has 0 unspecified atom stereocenters. The van der Waals surface area contributed by atoms with Crippen molar-refractivity contribution >= 4 is 9.84 Å². The van der Waals surface area contributed by atoms with Crippen molar-refractivity contribution in [1.82, 2.24) is 0 Å². The molecule has 3 nitrogen and oxygen atoms in total. The van der Waals surface area contributed by atoms with Crippen molar-refractivity contribution in [2.45, 2.75) is 38.0 Å². The standard InChI is InChI=1S/C13H21NO2S/c1-10-8-13(17(3,15)16)9-12(11(10)2)6-4-5-7-14/h8-9H,4-7,14H2,1-3H3. The summed E-state index contributed by atoms with van der Waals surface area (Å²) in [5, 5.41) is 0. The molecule has 0 heterocycles. The summed E-state index contributed by atoms with van der Waals surface area (Å²) in [4.78, 5) is 0.420. The third kappa shape index (κ3) is 3.82. The monoisotopic (exact) mass is 255 g/mol. The van der Waals surface area contributed by atoms with Crippen molar-refractivity contribution in [1.29, 1.82) is 0 Å². The van der Waals surface area contributed by atoms with Gasteiger partial charge in [-0.2, -0.15) is 0 Å². The van der Waals surface area contributed by atoms with Gasteiger partial charge in [0.05, 0.1) is 4.90 Å². The molecule has 1 aromatic rings. The van der Waals surface area contributed by atoms with Crippen molar-refractivity contribution in [3.05, 3.63) is 28.8 Å². The first-order valence-electron chi connectivity index (χ1n) is 5.86. The molecule has 0 fully saturated rings. The van der Waals surface area contributed by atoms with E-state index in [1.807, 2.05) is 13.8 Å². The van der Waals surface area contributed by atoms with Gasteiger partial charge >= 0.3 is 0 Å². The first kappa shape index (κ1) is 14.2. The molecule has 96 valence electrons. The van der Waals surface area contributed by atoms with Crippen LogP contribution in [0.25, 0.3) is 0 Å². The van der Waals surface area contributed by atoms with Crippen LogP contribution in [0.2, 0.25) is 0 Å². The Morgan fingerprint density at radius 1 is 1.18 bits per heavy atom. The fraction of sp³-hybridized carbons (Fsp3) is 0.538. The summed E-state index contributed by atoms with van der Waals surface area (Å²) in [7, 11) is -3.12. The zero-order valence-electron chi connectivity index (χ0n) is 10.8. The quantitative estimate of drug-likeness (QED) is 0.818. The summed E-state index contributed by atoms with van der Waals surface area (Å²) < 4.78 is 23.1. The van der Waals surface area contributed by atoms with E-state index < -0.39 is 9.84 Å². The van der Waals surface area contributed by atoms with Crippen LogP contribution in [0.4, 0.5) is 0 Å². The van der Waals surface area contributed by atoms with Crippen LogP contribution in [0, 0.1) is 13.8 Å². The topological polar surface area (TPSA) is 60.2 Å². The molecular formula is C13H21NO2S. The van der Waals surface area contributed by atoms with Gasteiger partial charge in [0.1, 0.15) is 0 Å². The highest BCUT2D eigenvalue weighted by molar-refractivity contribution is 7.90. The number of unbranched alkanes of at least 4 members (excludes halogenated alkanes) is 1. The Balaban J connectivity index is 3.08. The molecule has 17 heavy (non-hydrogen) atoms. The third-order valence-corrected chi connectivity index (χ3v) is 4.17. The minimum absolute atomic E-state index is 0.420. The Hall–Kier alpha value is -0.870. The second kappa shape index (κ2) is 5.65. The number of sulfone groups is 1. The molecule has 0 bridgehead atoms. The fourth-order valence-corrected chi connectivity index (χ4v) is 2.58. The highest BCUT2D eigenvalue weighted by Crippen LogP contribution is 2.21.